The minimum atomic E-state index is -0.780. The lowest BCUT2D eigenvalue weighted by molar-refractivity contribution is -0.127. The maximum atomic E-state index is 11.0. The van der Waals surface area contributed by atoms with Crippen LogP contribution in [-0.2, 0) is 4.79 Å². The second-order valence-electron chi connectivity index (χ2n) is 2.57. The SMILES string of the molecule is O=C(CBr)N1CC(O)C(O)C1. The molecule has 2 N–H and O–H groups in total. The number of carbonyl (C=O) groups excluding carboxylic acids is 1. The Morgan fingerprint density at radius 2 is 1.91 bits per heavy atom. The van der Waals surface area contributed by atoms with Crippen LogP contribution in [0.1, 0.15) is 0 Å². The van der Waals surface area contributed by atoms with E-state index in [1.54, 1.807) is 0 Å². The Morgan fingerprint density at radius 1 is 1.45 bits per heavy atom. The average molecular weight is 224 g/mol. The third-order valence-corrected chi connectivity index (χ3v) is 2.21. The van der Waals surface area contributed by atoms with E-state index in [1.165, 1.54) is 4.90 Å². The highest BCUT2D eigenvalue weighted by atomic mass is 79.9. The fraction of sp³-hybridized carbons (Fsp3) is 0.833. The van der Waals surface area contributed by atoms with Gasteiger partial charge in [0.05, 0.1) is 17.5 Å². The zero-order valence-corrected chi connectivity index (χ0v) is 7.49. The number of alkyl halides is 1. The fourth-order valence-corrected chi connectivity index (χ4v) is 1.41. The van der Waals surface area contributed by atoms with Crippen LogP contribution in [0.4, 0.5) is 0 Å². The highest BCUT2D eigenvalue weighted by Gasteiger charge is 2.31. The Morgan fingerprint density at radius 3 is 2.27 bits per heavy atom. The number of hydrogen-bond acceptors (Lipinski definition) is 3. The van der Waals surface area contributed by atoms with Crippen LogP contribution in [0.5, 0.6) is 0 Å². The maximum Gasteiger partial charge on any atom is 0.233 e. The lowest BCUT2D eigenvalue weighted by Crippen LogP contribution is -2.30. The molecule has 2 unspecified atom stereocenters. The van der Waals surface area contributed by atoms with Gasteiger partial charge in [-0.15, -0.1) is 0 Å². The van der Waals surface area contributed by atoms with Crippen molar-refractivity contribution in [2.24, 2.45) is 0 Å². The van der Waals surface area contributed by atoms with Gasteiger partial charge in [0.15, 0.2) is 0 Å². The van der Waals surface area contributed by atoms with Crippen molar-refractivity contribution in [1.29, 1.82) is 0 Å². The fourth-order valence-electron chi connectivity index (χ4n) is 1.06. The third kappa shape index (κ3) is 1.91. The molecule has 0 aliphatic carbocycles. The van der Waals surface area contributed by atoms with E-state index in [9.17, 15) is 4.79 Å². The van der Waals surface area contributed by atoms with E-state index in [4.69, 9.17) is 10.2 Å². The van der Waals surface area contributed by atoms with E-state index < -0.39 is 12.2 Å². The minimum absolute atomic E-state index is 0.0967. The molecule has 0 aromatic rings. The molecule has 64 valence electrons. The number of aliphatic hydroxyl groups is 2. The predicted octanol–water partition coefficient (Wildman–Crippen LogP) is -1.05. The topological polar surface area (TPSA) is 60.8 Å². The molecule has 0 spiro atoms. The summed E-state index contributed by atoms with van der Waals surface area (Å²) >= 11 is 3.01. The van der Waals surface area contributed by atoms with Gasteiger partial charge in [0, 0.05) is 13.1 Å². The number of amides is 1. The third-order valence-electron chi connectivity index (χ3n) is 1.73. The highest BCUT2D eigenvalue weighted by Crippen LogP contribution is 2.10. The van der Waals surface area contributed by atoms with Crippen molar-refractivity contribution < 1.29 is 15.0 Å². The number of likely N-dealkylation sites (tertiary alicyclic amines) is 1. The van der Waals surface area contributed by atoms with Crippen LogP contribution in [0.2, 0.25) is 0 Å². The second kappa shape index (κ2) is 3.51. The van der Waals surface area contributed by atoms with E-state index >= 15 is 0 Å². The quantitative estimate of drug-likeness (QED) is 0.558. The molecule has 2 atom stereocenters. The van der Waals surface area contributed by atoms with Gasteiger partial charge in [-0.1, -0.05) is 15.9 Å². The van der Waals surface area contributed by atoms with Crippen LogP contribution in [0.25, 0.3) is 0 Å². The number of carbonyl (C=O) groups is 1. The van der Waals surface area contributed by atoms with Crippen LogP contribution in [0, 0.1) is 0 Å². The Labute approximate surface area is 72.9 Å². The molecule has 1 saturated heterocycles. The molecular weight excluding hydrogens is 214 g/mol. The van der Waals surface area contributed by atoms with Gasteiger partial charge in [-0.2, -0.15) is 0 Å². The highest BCUT2D eigenvalue weighted by molar-refractivity contribution is 9.09. The number of β-amino-alcohol motifs (C(OH)–C–C–N with tert-alkyl or cyclic N) is 2. The smallest absolute Gasteiger partial charge is 0.233 e. The first-order valence-corrected chi connectivity index (χ1v) is 4.47. The van der Waals surface area contributed by atoms with Gasteiger partial charge in [-0.25, -0.2) is 0 Å². The average Bonchev–Trinajstić information content (AvgIpc) is 2.31. The maximum absolute atomic E-state index is 11.0. The van der Waals surface area contributed by atoms with Gasteiger partial charge in [-0.3, -0.25) is 4.79 Å². The van der Waals surface area contributed by atoms with Crippen molar-refractivity contribution in [2.75, 3.05) is 18.4 Å². The summed E-state index contributed by atoms with van der Waals surface area (Å²) in [6, 6.07) is 0. The summed E-state index contributed by atoms with van der Waals surface area (Å²) in [5.41, 5.74) is 0. The molecule has 0 radical (unpaired) electrons. The number of halogens is 1. The van der Waals surface area contributed by atoms with Crippen molar-refractivity contribution in [2.45, 2.75) is 12.2 Å². The zero-order valence-electron chi connectivity index (χ0n) is 5.90. The molecule has 1 aliphatic heterocycles. The summed E-state index contributed by atoms with van der Waals surface area (Å²) < 4.78 is 0. The van der Waals surface area contributed by atoms with E-state index in [1.807, 2.05) is 0 Å². The second-order valence-corrected chi connectivity index (χ2v) is 3.13. The van der Waals surface area contributed by atoms with Crippen LogP contribution >= 0.6 is 15.9 Å². The van der Waals surface area contributed by atoms with E-state index in [0.29, 0.717) is 0 Å². The summed E-state index contributed by atoms with van der Waals surface area (Å²) in [4.78, 5) is 12.4. The molecule has 1 amide bonds. The Bertz CT molecular complexity index is 154. The lowest BCUT2D eigenvalue weighted by Gasteiger charge is -2.12. The summed E-state index contributed by atoms with van der Waals surface area (Å²) in [7, 11) is 0. The van der Waals surface area contributed by atoms with Crippen molar-refractivity contribution in [1.82, 2.24) is 4.90 Å². The normalized spacial score (nSPS) is 31.0. The number of nitrogens with zero attached hydrogens (tertiary/aromatic N) is 1. The molecule has 11 heavy (non-hydrogen) atoms. The van der Waals surface area contributed by atoms with Gasteiger partial charge in [0.25, 0.3) is 0 Å². The van der Waals surface area contributed by atoms with Crippen LogP contribution in [0.3, 0.4) is 0 Å². The molecule has 0 aromatic heterocycles. The van der Waals surface area contributed by atoms with Gasteiger partial charge < -0.3 is 15.1 Å². The number of rotatable bonds is 1. The lowest BCUT2D eigenvalue weighted by atomic mass is 10.3. The monoisotopic (exact) mass is 223 g/mol. The van der Waals surface area contributed by atoms with E-state index in [0.717, 1.165) is 0 Å². The molecule has 1 aliphatic rings. The standard InChI is InChI=1S/C6H10BrNO3/c7-1-6(11)8-2-4(9)5(10)3-8/h4-5,9-10H,1-3H2. The number of hydrogen-bond donors (Lipinski definition) is 2. The molecule has 4 nitrogen and oxygen atoms in total. The van der Waals surface area contributed by atoms with Crippen molar-refractivity contribution >= 4 is 21.8 Å². The first-order valence-electron chi connectivity index (χ1n) is 3.35. The van der Waals surface area contributed by atoms with E-state index in [-0.39, 0.29) is 24.3 Å². The van der Waals surface area contributed by atoms with Crippen molar-refractivity contribution in [3.8, 4) is 0 Å². The van der Waals surface area contributed by atoms with Crippen molar-refractivity contribution in [3.63, 3.8) is 0 Å². The molecule has 0 saturated carbocycles. The Kier molecular flexibility index (Phi) is 2.86. The van der Waals surface area contributed by atoms with Crippen LogP contribution in [-0.4, -0.2) is 51.6 Å². The molecule has 0 bridgehead atoms. The first-order chi connectivity index (χ1) is 5.15. The molecule has 1 fully saturated rings. The zero-order chi connectivity index (χ0) is 8.43. The summed E-state index contributed by atoms with van der Waals surface area (Å²) in [6.07, 6.45) is -1.56. The molecule has 1 rings (SSSR count). The molecular formula is C6H10BrNO3. The van der Waals surface area contributed by atoms with Gasteiger partial charge in [-0.05, 0) is 0 Å². The van der Waals surface area contributed by atoms with Crippen LogP contribution < -0.4 is 0 Å². The summed E-state index contributed by atoms with van der Waals surface area (Å²) in [5, 5.41) is 18.3. The minimum Gasteiger partial charge on any atom is -0.388 e. The molecule has 1 heterocycles. The van der Waals surface area contributed by atoms with Gasteiger partial charge >= 0.3 is 0 Å². The largest absolute Gasteiger partial charge is 0.388 e. The number of aliphatic hydroxyl groups excluding tert-OH is 2. The van der Waals surface area contributed by atoms with Gasteiger partial charge in [0.2, 0.25) is 5.91 Å². The summed E-state index contributed by atoms with van der Waals surface area (Å²) in [6.45, 7) is 0.483. The Balaban J connectivity index is 2.46. The Hall–Kier alpha value is -0.130. The van der Waals surface area contributed by atoms with Crippen LogP contribution in [0.15, 0.2) is 0 Å². The molecule has 0 aromatic carbocycles. The predicted molar refractivity (Wildman–Crippen MR) is 42.4 cm³/mol. The first kappa shape index (κ1) is 8.96. The van der Waals surface area contributed by atoms with Crippen molar-refractivity contribution in [3.05, 3.63) is 0 Å². The molecule has 5 heteroatoms. The van der Waals surface area contributed by atoms with Gasteiger partial charge in [0.1, 0.15) is 0 Å². The van der Waals surface area contributed by atoms with E-state index in [2.05, 4.69) is 15.9 Å². The summed E-state index contributed by atoms with van der Waals surface area (Å²) in [5.74, 6) is -0.0967.